The standard InChI is InChI=1S/C16H20FN5O/c17-12-9-5-6-10-13(12)19-15-14(20-22-21-15)16(23)18-11-7-3-1-2-4-8-11/h5-6,9-11H,1-4,7-8H2,(H,18,23)(H2,19,20,21,22). The molecule has 0 spiro atoms. The van der Waals surface area contributed by atoms with Gasteiger partial charge in [0.15, 0.2) is 11.5 Å². The van der Waals surface area contributed by atoms with E-state index in [9.17, 15) is 9.18 Å². The van der Waals surface area contributed by atoms with Gasteiger partial charge in [0.05, 0.1) is 5.69 Å². The number of aromatic amines is 1. The van der Waals surface area contributed by atoms with Crippen LogP contribution in [0.4, 0.5) is 15.9 Å². The molecular weight excluding hydrogens is 297 g/mol. The summed E-state index contributed by atoms with van der Waals surface area (Å²) in [5.74, 6) is -0.476. The Morgan fingerprint density at radius 2 is 1.87 bits per heavy atom. The summed E-state index contributed by atoms with van der Waals surface area (Å²) < 4.78 is 13.7. The second kappa shape index (κ2) is 7.21. The Hall–Kier alpha value is -2.44. The number of para-hydroxylation sites is 1. The smallest absolute Gasteiger partial charge is 0.275 e. The van der Waals surface area contributed by atoms with Gasteiger partial charge in [-0.1, -0.05) is 37.8 Å². The van der Waals surface area contributed by atoms with E-state index in [-0.39, 0.29) is 29.1 Å². The second-order valence-corrected chi connectivity index (χ2v) is 5.79. The van der Waals surface area contributed by atoms with E-state index in [1.165, 1.54) is 18.9 Å². The zero-order chi connectivity index (χ0) is 16.1. The van der Waals surface area contributed by atoms with Gasteiger partial charge in [-0.15, -0.1) is 10.2 Å². The lowest BCUT2D eigenvalue weighted by Crippen LogP contribution is -2.35. The largest absolute Gasteiger partial charge is 0.348 e. The molecule has 1 aliphatic rings. The van der Waals surface area contributed by atoms with E-state index in [1.54, 1.807) is 18.2 Å². The van der Waals surface area contributed by atoms with Gasteiger partial charge in [-0.05, 0) is 25.0 Å². The number of H-pyrrole nitrogens is 1. The normalized spacial score (nSPS) is 15.9. The molecule has 3 rings (SSSR count). The number of halogens is 1. The van der Waals surface area contributed by atoms with E-state index < -0.39 is 5.82 Å². The highest BCUT2D eigenvalue weighted by Crippen LogP contribution is 2.21. The highest BCUT2D eigenvalue weighted by Gasteiger charge is 2.21. The molecule has 1 aliphatic carbocycles. The molecular formula is C16H20FN5O. The molecule has 1 heterocycles. The van der Waals surface area contributed by atoms with Gasteiger partial charge >= 0.3 is 0 Å². The average Bonchev–Trinajstić information content (AvgIpc) is 2.86. The number of hydrogen-bond acceptors (Lipinski definition) is 4. The lowest BCUT2D eigenvalue weighted by Gasteiger charge is -2.15. The molecule has 1 saturated carbocycles. The lowest BCUT2D eigenvalue weighted by molar-refractivity contribution is 0.0929. The number of nitrogens with one attached hydrogen (secondary N) is 3. The highest BCUT2D eigenvalue weighted by atomic mass is 19.1. The van der Waals surface area contributed by atoms with Gasteiger partial charge in [-0.2, -0.15) is 5.21 Å². The van der Waals surface area contributed by atoms with Crippen LogP contribution in [0.1, 0.15) is 49.0 Å². The van der Waals surface area contributed by atoms with Crippen LogP contribution in [0, 0.1) is 5.82 Å². The van der Waals surface area contributed by atoms with Crippen LogP contribution >= 0.6 is 0 Å². The van der Waals surface area contributed by atoms with Crippen molar-refractivity contribution in [1.29, 1.82) is 0 Å². The third kappa shape index (κ3) is 3.85. The fourth-order valence-corrected chi connectivity index (χ4v) is 2.84. The van der Waals surface area contributed by atoms with Crippen LogP contribution in [0.5, 0.6) is 0 Å². The maximum atomic E-state index is 13.7. The zero-order valence-corrected chi connectivity index (χ0v) is 12.8. The number of hydrogen-bond donors (Lipinski definition) is 3. The first-order valence-corrected chi connectivity index (χ1v) is 7.97. The van der Waals surface area contributed by atoms with E-state index in [1.807, 2.05) is 0 Å². The van der Waals surface area contributed by atoms with Gasteiger partial charge in [0.2, 0.25) is 0 Å². The molecule has 6 nitrogen and oxygen atoms in total. The monoisotopic (exact) mass is 317 g/mol. The molecule has 7 heteroatoms. The molecule has 0 saturated heterocycles. The number of aromatic nitrogens is 3. The maximum Gasteiger partial charge on any atom is 0.275 e. The highest BCUT2D eigenvalue weighted by molar-refractivity contribution is 5.97. The summed E-state index contributed by atoms with van der Waals surface area (Å²) in [6.45, 7) is 0. The van der Waals surface area contributed by atoms with Crippen LogP contribution in [0.15, 0.2) is 24.3 Å². The first-order valence-electron chi connectivity index (χ1n) is 7.97. The van der Waals surface area contributed by atoms with Crippen molar-refractivity contribution in [3.8, 4) is 0 Å². The molecule has 0 atom stereocenters. The van der Waals surface area contributed by atoms with Crippen molar-refractivity contribution in [2.24, 2.45) is 0 Å². The first-order chi connectivity index (χ1) is 11.2. The van der Waals surface area contributed by atoms with Crippen molar-refractivity contribution in [3.05, 3.63) is 35.8 Å². The van der Waals surface area contributed by atoms with E-state index in [2.05, 4.69) is 26.0 Å². The Morgan fingerprint density at radius 3 is 2.61 bits per heavy atom. The van der Waals surface area contributed by atoms with E-state index in [0.717, 1.165) is 25.7 Å². The number of anilines is 2. The van der Waals surface area contributed by atoms with Gasteiger partial charge in [0, 0.05) is 6.04 Å². The quantitative estimate of drug-likeness (QED) is 0.757. The topological polar surface area (TPSA) is 82.7 Å². The molecule has 0 bridgehead atoms. The molecule has 3 N–H and O–H groups in total. The van der Waals surface area contributed by atoms with Gasteiger partial charge in [0.25, 0.3) is 5.91 Å². The predicted octanol–water partition coefficient (Wildman–Crippen LogP) is 3.14. The Balaban J connectivity index is 1.70. The predicted molar refractivity (Wildman–Crippen MR) is 85.0 cm³/mol. The van der Waals surface area contributed by atoms with E-state index >= 15 is 0 Å². The van der Waals surface area contributed by atoms with Crippen LogP contribution in [-0.4, -0.2) is 27.4 Å². The van der Waals surface area contributed by atoms with Crippen LogP contribution in [0.25, 0.3) is 0 Å². The van der Waals surface area contributed by atoms with Gasteiger partial charge in [0.1, 0.15) is 5.82 Å². The van der Waals surface area contributed by atoms with Gasteiger partial charge in [-0.3, -0.25) is 4.79 Å². The maximum absolute atomic E-state index is 13.7. The minimum atomic E-state index is -0.411. The SMILES string of the molecule is O=C(NC1CCCCCC1)c1n[nH]nc1Nc1ccccc1F. The van der Waals surface area contributed by atoms with Crippen molar-refractivity contribution in [1.82, 2.24) is 20.7 Å². The molecule has 2 aromatic rings. The van der Waals surface area contributed by atoms with E-state index in [4.69, 9.17) is 0 Å². The Labute approximate surface area is 133 Å². The third-order valence-corrected chi connectivity index (χ3v) is 4.08. The first kappa shape index (κ1) is 15.5. The number of nitrogens with zero attached hydrogens (tertiary/aromatic N) is 2. The molecule has 1 fully saturated rings. The molecule has 23 heavy (non-hydrogen) atoms. The number of carbonyl (C=O) groups is 1. The van der Waals surface area contributed by atoms with Gasteiger partial charge < -0.3 is 10.6 Å². The fourth-order valence-electron chi connectivity index (χ4n) is 2.84. The molecule has 1 aromatic heterocycles. The molecule has 1 amide bonds. The van der Waals surface area contributed by atoms with E-state index in [0.29, 0.717) is 0 Å². The van der Waals surface area contributed by atoms with Crippen LogP contribution in [0.3, 0.4) is 0 Å². The summed E-state index contributed by atoms with van der Waals surface area (Å²) in [5.41, 5.74) is 0.405. The Bertz CT molecular complexity index is 664. The average molecular weight is 317 g/mol. The van der Waals surface area contributed by atoms with Crippen molar-refractivity contribution in [2.45, 2.75) is 44.6 Å². The number of carbonyl (C=O) groups excluding carboxylic acids is 1. The molecule has 1 aromatic carbocycles. The van der Waals surface area contributed by atoms with Crippen LogP contribution < -0.4 is 10.6 Å². The van der Waals surface area contributed by atoms with Crippen molar-refractivity contribution >= 4 is 17.4 Å². The zero-order valence-electron chi connectivity index (χ0n) is 12.8. The van der Waals surface area contributed by atoms with Gasteiger partial charge in [-0.25, -0.2) is 4.39 Å². The second-order valence-electron chi connectivity index (χ2n) is 5.79. The molecule has 0 aliphatic heterocycles. The summed E-state index contributed by atoms with van der Waals surface area (Å²) in [6.07, 6.45) is 6.67. The minimum Gasteiger partial charge on any atom is -0.348 e. The lowest BCUT2D eigenvalue weighted by atomic mass is 10.1. The van der Waals surface area contributed by atoms with Crippen molar-refractivity contribution in [2.75, 3.05) is 5.32 Å². The summed E-state index contributed by atoms with van der Waals surface area (Å²) >= 11 is 0. The molecule has 0 unspecified atom stereocenters. The third-order valence-electron chi connectivity index (χ3n) is 4.08. The number of amides is 1. The van der Waals surface area contributed by atoms with Crippen molar-refractivity contribution in [3.63, 3.8) is 0 Å². The summed E-state index contributed by atoms with van der Waals surface area (Å²) in [4.78, 5) is 12.4. The molecule has 122 valence electrons. The number of benzene rings is 1. The summed E-state index contributed by atoms with van der Waals surface area (Å²) in [7, 11) is 0. The minimum absolute atomic E-state index is 0.150. The number of rotatable bonds is 4. The van der Waals surface area contributed by atoms with Crippen LogP contribution in [-0.2, 0) is 0 Å². The summed E-state index contributed by atoms with van der Waals surface area (Å²) in [5, 5.41) is 16.0. The summed E-state index contributed by atoms with van der Waals surface area (Å²) in [6, 6.07) is 6.40. The molecule has 0 radical (unpaired) electrons. The Morgan fingerprint density at radius 1 is 1.13 bits per heavy atom. The van der Waals surface area contributed by atoms with Crippen LogP contribution in [0.2, 0.25) is 0 Å². The Kier molecular flexibility index (Phi) is 4.85. The fraction of sp³-hybridized carbons (Fsp3) is 0.438. The van der Waals surface area contributed by atoms with Crippen molar-refractivity contribution < 1.29 is 9.18 Å².